The molecule has 1 atom stereocenters. The van der Waals surface area contributed by atoms with Gasteiger partial charge in [-0.3, -0.25) is 0 Å². The minimum absolute atomic E-state index is 0.0318. The lowest BCUT2D eigenvalue weighted by molar-refractivity contribution is 0.332. The van der Waals surface area contributed by atoms with E-state index in [9.17, 15) is 4.39 Å². The molecule has 2 nitrogen and oxygen atoms in total. The first kappa shape index (κ1) is 20.8. The van der Waals surface area contributed by atoms with Crippen molar-refractivity contribution in [1.29, 1.82) is 0 Å². The fourth-order valence-corrected chi connectivity index (χ4v) is 4.51. The lowest BCUT2D eigenvalue weighted by Crippen LogP contribution is -2.18. The van der Waals surface area contributed by atoms with E-state index < -0.39 is 5.82 Å². The van der Waals surface area contributed by atoms with Crippen molar-refractivity contribution >= 4 is 0 Å². The fraction of sp³-hybridized carbons (Fsp3) is 0.542. The van der Waals surface area contributed by atoms with Crippen molar-refractivity contribution in [2.45, 2.75) is 66.2 Å². The molecule has 0 radical (unpaired) electrons. The van der Waals surface area contributed by atoms with Gasteiger partial charge >= 0.3 is 0 Å². The molecule has 0 bridgehead atoms. The van der Waals surface area contributed by atoms with Gasteiger partial charge in [0.1, 0.15) is 11.6 Å². The number of pyridine rings is 1. The van der Waals surface area contributed by atoms with Crippen LogP contribution in [0.1, 0.15) is 70.9 Å². The molecule has 1 aliphatic rings. The third-order valence-electron chi connectivity index (χ3n) is 5.90. The zero-order valence-electron chi connectivity index (χ0n) is 17.8. The van der Waals surface area contributed by atoms with Gasteiger partial charge in [-0.05, 0) is 58.8 Å². The van der Waals surface area contributed by atoms with Crippen LogP contribution < -0.4 is 4.74 Å². The second-order valence-electron chi connectivity index (χ2n) is 9.91. The van der Waals surface area contributed by atoms with Crippen LogP contribution in [0, 0.1) is 22.5 Å². The second-order valence-corrected chi connectivity index (χ2v) is 9.91. The number of ether oxygens (including phenoxy) is 1. The monoisotopic (exact) mass is 387 g/mol. The molecule has 3 rings (SSSR count). The summed E-state index contributed by atoms with van der Waals surface area (Å²) >= 11 is 0. The van der Waals surface area contributed by atoms with E-state index in [0.717, 1.165) is 31.0 Å². The summed E-state index contributed by atoms with van der Waals surface area (Å²) in [5.74, 6) is -0.145. The maximum Gasteiger partial charge on any atom is 0.213 e. The SMILES string of the molecule is COc1cc(-c2cc(F)c(CC(C)(C)C)cc2[C@@H]2CCCC2(C)C)c(F)cn1. The van der Waals surface area contributed by atoms with Gasteiger partial charge in [-0.15, -0.1) is 0 Å². The molecule has 0 saturated heterocycles. The van der Waals surface area contributed by atoms with Gasteiger partial charge in [0.15, 0.2) is 0 Å². The van der Waals surface area contributed by atoms with Gasteiger partial charge in [0.25, 0.3) is 0 Å². The Hall–Kier alpha value is -1.97. The van der Waals surface area contributed by atoms with Crippen molar-refractivity contribution in [3.63, 3.8) is 0 Å². The zero-order chi connectivity index (χ0) is 20.7. The van der Waals surface area contributed by atoms with E-state index in [2.05, 4.69) is 39.6 Å². The molecule has 1 aliphatic carbocycles. The molecule has 1 saturated carbocycles. The Morgan fingerprint density at radius 1 is 1.11 bits per heavy atom. The van der Waals surface area contributed by atoms with Crippen LogP contribution in [0.25, 0.3) is 11.1 Å². The number of rotatable bonds is 4. The van der Waals surface area contributed by atoms with E-state index >= 15 is 4.39 Å². The molecule has 2 aromatic rings. The standard InChI is InChI=1S/C24H31F2NO/c1-23(2,3)13-15-10-17(19-8-7-9-24(19,4)5)16(11-20(15)25)18-12-22(28-6)27-14-21(18)26/h10-12,14,19H,7-9,13H2,1-6H3/t19-/m0/s1. The number of aromatic nitrogens is 1. The third-order valence-corrected chi connectivity index (χ3v) is 5.90. The molecular weight excluding hydrogens is 356 g/mol. The molecule has 0 spiro atoms. The van der Waals surface area contributed by atoms with E-state index in [0.29, 0.717) is 29.0 Å². The Labute approximate surface area is 167 Å². The van der Waals surface area contributed by atoms with Crippen molar-refractivity contribution in [3.05, 3.63) is 47.2 Å². The molecule has 1 heterocycles. The van der Waals surface area contributed by atoms with Crippen molar-refractivity contribution in [2.75, 3.05) is 7.11 Å². The Bertz CT molecular complexity index is 868. The Balaban J connectivity index is 2.23. The molecule has 0 amide bonds. The number of methoxy groups -OCH3 is 1. The average Bonchev–Trinajstić information content (AvgIpc) is 2.95. The normalized spacial score (nSPS) is 19.1. The largest absolute Gasteiger partial charge is 0.481 e. The first-order valence-electron chi connectivity index (χ1n) is 10.0. The Morgan fingerprint density at radius 2 is 1.82 bits per heavy atom. The molecule has 1 aromatic heterocycles. The smallest absolute Gasteiger partial charge is 0.213 e. The van der Waals surface area contributed by atoms with E-state index in [1.54, 1.807) is 6.07 Å². The lowest BCUT2D eigenvalue weighted by atomic mass is 9.74. The van der Waals surface area contributed by atoms with Crippen molar-refractivity contribution < 1.29 is 13.5 Å². The summed E-state index contributed by atoms with van der Waals surface area (Å²) in [6, 6.07) is 5.07. The highest BCUT2D eigenvalue weighted by Gasteiger charge is 2.37. The number of benzene rings is 1. The summed E-state index contributed by atoms with van der Waals surface area (Å²) in [4.78, 5) is 3.94. The molecule has 0 aliphatic heterocycles. The number of hydrogen-bond acceptors (Lipinski definition) is 2. The molecule has 0 N–H and O–H groups in total. The predicted molar refractivity (Wildman–Crippen MR) is 110 cm³/mol. The quantitative estimate of drug-likeness (QED) is 0.568. The lowest BCUT2D eigenvalue weighted by Gasteiger charge is -2.30. The van der Waals surface area contributed by atoms with Crippen molar-refractivity contribution in [1.82, 2.24) is 4.98 Å². The molecule has 4 heteroatoms. The number of hydrogen-bond donors (Lipinski definition) is 0. The summed E-state index contributed by atoms with van der Waals surface area (Å²) in [5.41, 5.74) is 2.78. The van der Waals surface area contributed by atoms with E-state index in [1.807, 2.05) is 6.07 Å². The first-order valence-corrected chi connectivity index (χ1v) is 10.0. The van der Waals surface area contributed by atoms with Crippen molar-refractivity contribution in [3.8, 4) is 17.0 Å². The zero-order valence-corrected chi connectivity index (χ0v) is 17.8. The fourth-order valence-electron chi connectivity index (χ4n) is 4.51. The number of halogens is 2. The first-order chi connectivity index (χ1) is 13.0. The topological polar surface area (TPSA) is 22.1 Å². The van der Waals surface area contributed by atoms with Crippen LogP contribution in [0.5, 0.6) is 5.88 Å². The molecule has 0 unspecified atom stereocenters. The number of nitrogens with zero attached hydrogens (tertiary/aromatic N) is 1. The maximum atomic E-state index is 15.1. The van der Waals surface area contributed by atoms with Gasteiger partial charge in [-0.2, -0.15) is 0 Å². The average molecular weight is 388 g/mol. The Kier molecular flexibility index (Phi) is 5.53. The maximum absolute atomic E-state index is 15.1. The van der Waals surface area contributed by atoms with Crippen LogP contribution in [0.3, 0.4) is 0 Å². The highest BCUT2D eigenvalue weighted by molar-refractivity contribution is 5.70. The highest BCUT2D eigenvalue weighted by atomic mass is 19.1. The van der Waals surface area contributed by atoms with Gasteiger partial charge in [-0.1, -0.05) is 47.1 Å². The summed E-state index contributed by atoms with van der Waals surface area (Å²) in [5, 5.41) is 0. The molecular formula is C24H31F2NO. The van der Waals surface area contributed by atoms with Crippen LogP contribution in [0.2, 0.25) is 0 Å². The van der Waals surface area contributed by atoms with Gasteiger partial charge < -0.3 is 4.74 Å². The van der Waals surface area contributed by atoms with E-state index in [1.165, 1.54) is 13.2 Å². The summed E-state index contributed by atoms with van der Waals surface area (Å²) in [6.45, 7) is 10.8. The van der Waals surface area contributed by atoms with Crippen LogP contribution in [-0.4, -0.2) is 12.1 Å². The molecule has 28 heavy (non-hydrogen) atoms. The minimum atomic E-state index is -0.458. The molecule has 152 valence electrons. The predicted octanol–water partition coefficient (Wildman–Crippen LogP) is 6.92. The minimum Gasteiger partial charge on any atom is -0.481 e. The second kappa shape index (κ2) is 7.46. The third kappa shape index (κ3) is 4.21. The van der Waals surface area contributed by atoms with Gasteiger partial charge in [-0.25, -0.2) is 13.8 Å². The summed E-state index contributed by atoms with van der Waals surface area (Å²) in [6.07, 6.45) is 5.07. The van der Waals surface area contributed by atoms with Crippen LogP contribution in [0.15, 0.2) is 24.4 Å². The summed E-state index contributed by atoms with van der Waals surface area (Å²) in [7, 11) is 1.50. The molecule has 1 aromatic carbocycles. The van der Waals surface area contributed by atoms with Gasteiger partial charge in [0, 0.05) is 11.6 Å². The molecule has 1 fully saturated rings. The van der Waals surface area contributed by atoms with Crippen LogP contribution in [-0.2, 0) is 6.42 Å². The van der Waals surface area contributed by atoms with Crippen LogP contribution >= 0.6 is 0 Å². The highest BCUT2D eigenvalue weighted by Crippen LogP contribution is 2.51. The van der Waals surface area contributed by atoms with Gasteiger partial charge in [0.2, 0.25) is 5.88 Å². The van der Waals surface area contributed by atoms with Crippen LogP contribution in [0.4, 0.5) is 8.78 Å². The van der Waals surface area contributed by atoms with Gasteiger partial charge in [0.05, 0.1) is 13.3 Å². The summed E-state index contributed by atoms with van der Waals surface area (Å²) < 4.78 is 35.0. The van der Waals surface area contributed by atoms with E-state index in [4.69, 9.17) is 4.74 Å². The van der Waals surface area contributed by atoms with Crippen molar-refractivity contribution in [2.24, 2.45) is 10.8 Å². The Morgan fingerprint density at radius 3 is 2.39 bits per heavy atom. The van der Waals surface area contributed by atoms with E-state index in [-0.39, 0.29) is 22.6 Å².